The molecule has 1 unspecified atom stereocenters. The molecule has 0 saturated carbocycles. The summed E-state index contributed by atoms with van der Waals surface area (Å²) in [4.78, 5) is 0. The van der Waals surface area contributed by atoms with Gasteiger partial charge in [-0.25, -0.2) is 0 Å². The lowest BCUT2D eigenvalue weighted by atomic mass is 9.90. The van der Waals surface area contributed by atoms with Crippen molar-refractivity contribution < 1.29 is 21.9 Å². The van der Waals surface area contributed by atoms with Crippen LogP contribution in [0.5, 0.6) is 11.5 Å². The highest BCUT2D eigenvalue weighted by Crippen LogP contribution is 2.36. The molecule has 0 bridgehead atoms. The molecule has 0 spiro atoms. The standard InChI is InChI=1S/C21H28NO2.CH4.ClH/c1-22(2)18(13-11-17-7-5-6-8-19(17)22)12-9-16-10-14-20(23-3)21(15-16)24-4;;/h5-8,10,14-15,18H,9,11-13H2,1-4H3;1H4;1H/q+1;;/p-1. The largest absolute Gasteiger partial charge is 1.00 e. The number of methoxy groups -OCH3 is 2. The topological polar surface area (TPSA) is 18.5 Å². The van der Waals surface area contributed by atoms with Gasteiger partial charge in [-0.2, -0.15) is 0 Å². The van der Waals surface area contributed by atoms with Crippen molar-refractivity contribution in [2.45, 2.75) is 39.2 Å². The third kappa shape index (κ3) is 4.33. The second-order valence-electron chi connectivity index (χ2n) is 7.09. The third-order valence-electron chi connectivity index (χ3n) is 5.49. The quantitative estimate of drug-likeness (QED) is 0.740. The molecule has 1 heterocycles. The fourth-order valence-electron chi connectivity index (χ4n) is 3.96. The maximum Gasteiger partial charge on any atom is 0.160 e. The Hall–Kier alpha value is -1.71. The molecule has 2 aromatic rings. The zero-order chi connectivity index (χ0) is 17.2. The van der Waals surface area contributed by atoms with Gasteiger partial charge in [-0.15, -0.1) is 0 Å². The number of halogens is 1. The second kappa shape index (κ2) is 9.29. The van der Waals surface area contributed by atoms with Gasteiger partial charge >= 0.3 is 0 Å². The van der Waals surface area contributed by atoms with Crippen LogP contribution in [0.15, 0.2) is 42.5 Å². The van der Waals surface area contributed by atoms with Crippen molar-refractivity contribution in [3.8, 4) is 11.5 Å². The summed E-state index contributed by atoms with van der Waals surface area (Å²) >= 11 is 0. The molecule has 144 valence electrons. The minimum absolute atomic E-state index is 0. The molecule has 2 aromatic carbocycles. The molecular formula is C22H32ClNO2. The zero-order valence-electron chi connectivity index (χ0n) is 15.6. The van der Waals surface area contributed by atoms with Gasteiger partial charge < -0.3 is 21.9 Å². The van der Waals surface area contributed by atoms with Gasteiger partial charge in [-0.05, 0) is 36.6 Å². The van der Waals surface area contributed by atoms with Crippen molar-refractivity contribution in [1.82, 2.24) is 4.48 Å². The maximum atomic E-state index is 5.43. The number of quaternary nitrogens is 1. The van der Waals surface area contributed by atoms with E-state index in [-0.39, 0.29) is 19.8 Å². The summed E-state index contributed by atoms with van der Waals surface area (Å²) in [7, 11) is 8.06. The van der Waals surface area contributed by atoms with Crippen LogP contribution in [-0.2, 0) is 12.8 Å². The van der Waals surface area contributed by atoms with E-state index in [0.29, 0.717) is 6.04 Å². The van der Waals surface area contributed by atoms with Gasteiger partial charge in [-0.3, -0.25) is 4.48 Å². The van der Waals surface area contributed by atoms with Crippen LogP contribution < -0.4 is 26.4 Å². The number of benzene rings is 2. The number of ether oxygens (including phenoxy) is 2. The number of nitrogens with zero attached hydrogens (tertiary/aromatic N) is 1. The minimum Gasteiger partial charge on any atom is -1.00 e. The van der Waals surface area contributed by atoms with E-state index in [1.165, 1.54) is 36.1 Å². The van der Waals surface area contributed by atoms with Crippen LogP contribution >= 0.6 is 0 Å². The number of aryl methyl sites for hydroxylation is 2. The summed E-state index contributed by atoms with van der Waals surface area (Å²) in [5.74, 6) is 1.61. The predicted molar refractivity (Wildman–Crippen MR) is 107 cm³/mol. The molecule has 0 radical (unpaired) electrons. The molecular weight excluding hydrogens is 346 g/mol. The molecule has 26 heavy (non-hydrogen) atoms. The van der Waals surface area contributed by atoms with Crippen molar-refractivity contribution in [1.29, 1.82) is 0 Å². The number of fused-ring (bicyclic) bond motifs is 1. The van der Waals surface area contributed by atoms with Crippen molar-refractivity contribution in [2.24, 2.45) is 0 Å². The van der Waals surface area contributed by atoms with Gasteiger partial charge in [0.25, 0.3) is 0 Å². The molecule has 0 saturated heterocycles. The minimum atomic E-state index is 0. The first-order valence-electron chi connectivity index (χ1n) is 8.69. The lowest BCUT2D eigenvalue weighted by Crippen LogP contribution is -3.00. The fourth-order valence-corrected chi connectivity index (χ4v) is 3.96. The Kier molecular flexibility index (Phi) is 7.98. The maximum absolute atomic E-state index is 5.43. The molecule has 0 amide bonds. The average molecular weight is 378 g/mol. The zero-order valence-corrected chi connectivity index (χ0v) is 16.3. The van der Waals surface area contributed by atoms with Crippen LogP contribution in [0.3, 0.4) is 0 Å². The van der Waals surface area contributed by atoms with Gasteiger partial charge in [-0.1, -0.05) is 31.7 Å². The number of hydrogen-bond acceptors (Lipinski definition) is 2. The summed E-state index contributed by atoms with van der Waals surface area (Å²) < 4.78 is 11.7. The molecule has 0 aliphatic carbocycles. The van der Waals surface area contributed by atoms with Crippen molar-refractivity contribution >= 4 is 5.69 Å². The molecule has 0 aromatic heterocycles. The number of para-hydroxylation sites is 1. The van der Waals surface area contributed by atoms with E-state index in [4.69, 9.17) is 9.47 Å². The summed E-state index contributed by atoms with van der Waals surface area (Å²) in [6.45, 7) is 0. The summed E-state index contributed by atoms with van der Waals surface area (Å²) in [6.07, 6.45) is 4.68. The van der Waals surface area contributed by atoms with E-state index >= 15 is 0 Å². The number of hydrogen-bond donors (Lipinski definition) is 0. The molecule has 1 atom stereocenters. The first kappa shape index (κ1) is 22.3. The molecule has 0 N–H and O–H groups in total. The first-order valence-corrected chi connectivity index (χ1v) is 8.69. The Bertz CT molecular complexity index is 715. The highest BCUT2D eigenvalue weighted by atomic mass is 35.5. The van der Waals surface area contributed by atoms with E-state index in [2.05, 4.69) is 50.5 Å². The lowest BCUT2D eigenvalue weighted by Gasteiger charge is -2.42. The van der Waals surface area contributed by atoms with E-state index in [9.17, 15) is 0 Å². The van der Waals surface area contributed by atoms with E-state index in [1.54, 1.807) is 14.2 Å². The lowest BCUT2D eigenvalue weighted by molar-refractivity contribution is -0.00000597. The van der Waals surface area contributed by atoms with Crippen molar-refractivity contribution in [3.63, 3.8) is 0 Å². The highest BCUT2D eigenvalue weighted by molar-refractivity contribution is 5.52. The van der Waals surface area contributed by atoms with Crippen molar-refractivity contribution in [2.75, 3.05) is 28.3 Å². The van der Waals surface area contributed by atoms with Gasteiger partial charge in [0.15, 0.2) is 11.5 Å². The van der Waals surface area contributed by atoms with Gasteiger partial charge in [0.2, 0.25) is 0 Å². The van der Waals surface area contributed by atoms with Gasteiger partial charge in [0.05, 0.1) is 34.4 Å². The summed E-state index contributed by atoms with van der Waals surface area (Å²) in [5, 5.41) is 0. The average Bonchev–Trinajstić information content (AvgIpc) is 2.61. The van der Waals surface area contributed by atoms with Gasteiger partial charge in [0.1, 0.15) is 5.69 Å². The van der Waals surface area contributed by atoms with E-state index in [0.717, 1.165) is 22.4 Å². The van der Waals surface area contributed by atoms with Crippen LogP contribution in [0.4, 0.5) is 5.69 Å². The molecule has 0 fully saturated rings. The van der Waals surface area contributed by atoms with Crippen molar-refractivity contribution in [3.05, 3.63) is 53.6 Å². The summed E-state index contributed by atoms with van der Waals surface area (Å²) in [6, 6.07) is 15.8. The molecule has 4 heteroatoms. The SMILES string of the molecule is C.COc1ccc(CCC2CCc3ccccc3[N+]2(C)C)cc1OC.[Cl-]. The Morgan fingerprint density at radius 3 is 2.38 bits per heavy atom. The second-order valence-corrected chi connectivity index (χ2v) is 7.09. The fraction of sp³-hybridized carbons (Fsp3) is 0.455. The Labute approximate surface area is 164 Å². The van der Waals surface area contributed by atoms with Crippen LogP contribution in [0.1, 0.15) is 31.4 Å². The van der Waals surface area contributed by atoms with Crippen LogP contribution in [-0.4, -0.2) is 34.4 Å². The predicted octanol–water partition coefficient (Wildman–Crippen LogP) is 1.86. The monoisotopic (exact) mass is 377 g/mol. The van der Waals surface area contributed by atoms with Gasteiger partial charge in [0, 0.05) is 18.4 Å². The normalized spacial score (nSPS) is 17.3. The molecule has 1 aliphatic heterocycles. The third-order valence-corrected chi connectivity index (χ3v) is 5.49. The molecule has 3 nitrogen and oxygen atoms in total. The van der Waals surface area contributed by atoms with Crippen LogP contribution in [0.25, 0.3) is 0 Å². The van der Waals surface area contributed by atoms with Crippen LogP contribution in [0, 0.1) is 0 Å². The highest BCUT2D eigenvalue weighted by Gasteiger charge is 2.35. The Morgan fingerprint density at radius 1 is 1.00 bits per heavy atom. The van der Waals surface area contributed by atoms with E-state index in [1.807, 2.05) is 6.07 Å². The smallest absolute Gasteiger partial charge is 0.160 e. The summed E-state index contributed by atoms with van der Waals surface area (Å²) in [5.41, 5.74) is 4.29. The first-order chi connectivity index (χ1) is 11.6. The number of rotatable bonds is 5. The Balaban J connectivity index is 0.00000169. The van der Waals surface area contributed by atoms with E-state index < -0.39 is 0 Å². The molecule has 3 rings (SSSR count). The Morgan fingerprint density at radius 2 is 1.69 bits per heavy atom. The van der Waals surface area contributed by atoms with Crippen LogP contribution in [0.2, 0.25) is 0 Å². The molecule has 1 aliphatic rings.